The van der Waals surface area contributed by atoms with Crippen molar-refractivity contribution in [3.05, 3.63) is 30.5 Å². The Balaban J connectivity index is 1.64. The van der Waals surface area contributed by atoms with Crippen molar-refractivity contribution in [2.24, 2.45) is 0 Å². The smallest absolute Gasteiger partial charge is 0.247 e. The summed E-state index contributed by atoms with van der Waals surface area (Å²) >= 11 is 0. The molecule has 1 atom stereocenters. The van der Waals surface area contributed by atoms with Crippen LogP contribution in [0.1, 0.15) is 32.6 Å². The minimum absolute atomic E-state index is 0.0430. The molecule has 6 nitrogen and oxygen atoms in total. The Morgan fingerprint density at radius 3 is 2.69 bits per heavy atom. The molecule has 2 aliphatic rings. The largest absolute Gasteiger partial charge is 0.370 e. The number of carbonyl (C=O) groups excluding carboxylic acids is 2. The molecule has 0 radical (unpaired) electrons. The number of aromatic nitrogens is 1. The summed E-state index contributed by atoms with van der Waals surface area (Å²) in [5.41, 5.74) is 2.81. The van der Waals surface area contributed by atoms with E-state index < -0.39 is 0 Å². The van der Waals surface area contributed by atoms with Crippen LogP contribution in [0, 0.1) is 0 Å². The number of rotatable bonds is 3. The lowest BCUT2D eigenvalue weighted by atomic mass is 10.1. The quantitative estimate of drug-likeness (QED) is 0.922. The SMILES string of the molecule is CC(=O)N1CCCC1C(=O)Nc1ccc(N2CCCC2)c2ncccc12. The van der Waals surface area contributed by atoms with E-state index >= 15 is 0 Å². The summed E-state index contributed by atoms with van der Waals surface area (Å²) < 4.78 is 0. The molecule has 2 fully saturated rings. The van der Waals surface area contributed by atoms with Gasteiger partial charge in [0.1, 0.15) is 6.04 Å². The van der Waals surface area contributed by atoms with Gasteiger partial charge in [-0.05, 0) is 49.9 Å². The van der Waals surface area contributed by atoms with Crippen molar-refractivity contribution in [2.45, 2.75) is 38.6 Å². The number of carbonyl (C=O) groups is 2. The highest BCUT2D eigenvalue weighted by Gasteiger charge is 2.32. The number of benzene rings is 1. The second-order valence-corrected chi connectivity index (χ2v) is 7.09. The molecule has 3 heterocycles. The maximum absolute atomic E-state index is 12.8. The Bertz CT molecular complexity index is 845. The summed E-state index contributed by atoms with van der Waals surface area (Å²) in [5, 5.41) is 3.98. The number of likely N-dealkylation sites (tertiary alicyclic amines) is 1. The molecule has 0 spiro atoms. The van der Waals surface area contributed by atoms with Crippen LogP contribution in [0.15, 0.2) is 30.5 Å². The lowest BCUT2D eigenvalue weighted by Crippen LogP contribution is -2.42. The lowest BCUT2D eigenvalue weighted by Gasteiger charge is -2.24. The van der Waals surface area contributed by atoms with Gasteiger partial charge in [0.25, 0.3) is 0 Å². The summed E-state index contributed by atoms with van der Waals surface area (Å²) in [4.78, 5) is 33.1. The van der Waals surface area contributed by atoms with Crippen molar-refractivity contribution in [3.8, 4) is 0 Å². The first-order valence-electron chi connectivity index (χ1n) is 9.36. The number of hydrogen-bond donors (Lipinski definition) is 1. The zero-order chi connectivity index (χ0) is 18.1. The molecule has 1 N–H and O–H groups in total. The highest BCUT2D eigenvalue weighted by atomic mass is 16.2. The van der Waals surface area contributed by atoms with Gasteiger partial charge in [-0.15, -0.1) is 0 Å². The van der Waals surface area contributed by atoms with Crippen LogP contribution in [0.25, 0.3) is 10.9 Å². The normalized spacial score (nSPS) is 20.0. The maximum Gasteiger partial charge on any atom is 0.247 e. The van der Waals surface area contributed by atoms with E-state index in [0.29, 0.717) is 13.0 Å². The Morgan fingerprint density at radius 2 is 1.92 bits per heavy atom. The number of nitrogens with zero attached hydrogens (tertiary/aromatic N) is 3. The molecule has 136 valence electrons. The third kappa shape index (κ3) is 3.00. The van der Waals surface area contributed by atoms with Crippen LogP contribution >= 0.6 is 0 Å². The number of hydrogen-bond acceptors (Lipinski definition) is 4. The first-order valence-corrected chi connectivity index (χ1v) is 9.36. The molecule has 2 saturated heterocycles. The highest BCUT2D eigenvalue weighted by molar-refractivity contribution is 6.06. The number of nitrogens with one attached hydrogen (secondary N) is 1. The van der Waals surface area contributed by atoms with Gasteiger partial charge >= 0.3 is 0 Å². The van der Waals surface area contributed by atoms with Crippen LogP contribution in [0.5, 0.6) is 0 Å². The van der Waals surface area contributed by atoms with Gasteiger partial charge in [-0.3, -0.25) is 14.6 Å². The number of anilines is 2. The van der Waals surface area contributed by atoms with Crippen molar-refractivity contribution >= 4 is 34.1 Å². The van der Waals surface area contributed by atoms with Gasteiger partial charge in [-0.25, -0.2) is 0 Å². The van der Waals surface area contributed by atoms with E-state index in [1.165, 1.54) is 19.8 Å². The maximum atomic E-state index is 12.8. The van der Waals surface area contributed by atoms with Gasteiger partial charge in [-0.1, -0.05) is 0 Å². The molecule has 1 aromatic carbocycles. The van der Waals surface area contributed by atoms with E-state index in [1.54, 1.807) is 11.1 Å². The number of fused-ring (bicyclic) bond motifs is 1. The minimum atomic E-state index is -0.377. The Labute approximate surface area is 153 Å². The average Bonchev–Trinajstić information content (AvgIpc) is 3.34. The summed E-state index contributed by atoms with van der Waals surface area (Å²) in [6.07, 6.45) is 5.79. The second-order valence-electron chi connectivity index (χ2n) is 7.09. The highest BCUT2D eigenvalue weighted by Crippen LogP contribution is 2.33. The van der Waals surface area contributed by atoms with Crippen LogP contribution in [0.4, 0.5) is 11.4 Å². The van der Waals surface area contributed by atoms with Gasteiger partial charge in [0.2, 0.25) is 11.8 Å². The first kappa shape index (κ1) is 16.8. The van der Waals surface area contributed by atoms with E-state index in [9.17, 15) is 9.59 Å². The van der Waals surface area contributed by atoms with Crippen molar-refractivity contribution < 1.29 is 9.59 Å². The zero-order valence-corrected chi connectivity index (χ0v) is 15.1. The molecule has 4 rings (SSSR count). The van der Waals surface area contributed by atoms with Crippen molar-refractivity contribution in [1.29, 1.82) is 0 Å². The fourth-order valence-electron chi connectivity index (χ4n) is 4.11. The average molecular weight is 352 g/mol. The first-order chi connectivity index (χ1) is 12.6. The zero-order valence-electron chi connectivity index (χ0n) is 15.1. The predicted octanol–water partition coefficient (Wildman–Crippen LogP) is 2.78. The second kappa shape index (κ2) is 6.94. The number of pyridine rings is 1. The lowest BCUT2D eigenvalue weighted by molar-refractivity contribution is -0.134. The molecular weight excluding hydrogens is 328 g/mol. The van der Waals surface area contributed by atoms with Crippen LogP contribution in [-0.2, 0) is 9.59 Å². The monoisotopic (exact) mass is 352 g/mol. The van der Waals surface area contributed by atoms with E-state index in [4.69, 9.17) is 0 Å². The van der Waals surface area contributed by atoms with Crippen LogP contribution in [-0.4, -0.2) is 47.4 Å². The van der Waals surface area contributed by atoms with Gasteiger partial charge < -0.3 is 15.1 Å². The van der Waals surface area contributed by atoms with Gasteiger partial charge in [-0.2, -0.15) is 0 Å². The van der Waals surface area contributed by atoms with Crippen molar-refractivity contribution in [1.82, 2.24) is 9.88 Å². The summed E-state index contributed by atoms with van der Waals surface area (Å²) in [5.74, 6) is -0.157. The van der Waals surface area contributed by atoms with E-state index in [1.807, 2.05) is 24.3 Å². The topological polar surface area (TPSA) is 65.5 Å². The van der Waals surface area contributed by atoms with E-state index in [0.717, 1.165) is 41.8 Å². The predicted molar refractivity (Wildman–Crippen MR) is 102 cm³/mol. The molecule has 6 heteroatoms. The molecule has 26 heavy (non-hydrogen) atoms. The third-order valence-electron chi connectivity index (χ3n) is 5.41. The van der Waals surface area contributed by atoms with Crippen LogP contribution < -0.4 is 10.2 Å². The Hall–Kier alpha value is -2.63. The summed E-state index contributed by atoms with van der Waals surface area (Å²) in [7, 11) is 0. The van der Waals surface area contributed by atoms with E-state index in [2.05, 4.69) is 15.2 Å². The van der Waals surface area contributed by atoms with E-state index in [-0.39, 0.29) is 17.9 Å². The van der Waals surface area contributed by atoms with Crippen LogP contribution in [0.2, 0.25) is 0 Å². The fraction of sp³-hybridized carbons (Fsp3) is 0.450. The molecule has 1 aromatic heterocycles. The standard InChI is InChI=1S/C20H24N4O2/c1-14(25)24-13-5-7-18(24)20(26)22-16-8-9-17(23-11-2-3-12-23)19-15(16)6-4-10-21-19/h4,6,8-10,18H,2-3,5,7,11-13H2,1H3,(H,22,26). The number of amides is 2. The van der Waals surface area contributed by atoms with Gasteiger partial charge in [0, 0.05) is 38.1 Å². The third-order valence-corrected chi connectivity index (χ3v) is 5.41. The molecule has 0 bridgehead atoms. The molecule has 2 aromatic rings. The molecular formula is C20H24N4O2. The molecule has 2 amide bonds. The summed E-state index contributed by atoms with van der Waals surface area (Å²) in [6.45, 7) is 4.28. The Morgan fingerprint density at radius 1 is 1.12 bits per heavy atom. The molecule has 0 saturated carbocycles. The molecule has 1 unspecified atom stereocenters. The van der Waals surface area contributed by atoms with Crippen molar-refractivity contribution in [3.63, 3.8) is 0 Å². The van der Waals surface area contributed by atoms with Crippen LogP contribution in [0.3, 0.4) is 0 Å². The fourth-order valence-corrected chi connectivity index (χ4v) is 4.11. The van der Waals surface area contributed by atoms with Gasteiger partial charge in [0.15, 0.2) is 0 Å². The minimum Gasteiger partial charge on any atom is -0.370 e. The molecule has 2 aliphatic heterocycles. The molecule has 0 aliphatic carbocycles. The summed E-state index contributed by atoms with van der Waals surface area (Å²) in [6, 6.07) is 7.52. The Kier molecular flexibility index (Phi) is 4.49. The van der Waals surface area contributed by atoms with Gasteiger partial charge in [0.05, 0.1) is 16.9 Å². The van der Waals surface area contributed by atoms with Crippen molar-refractivity contribution in [2.75, 3.05) is 29.9 Å².